The van der Waals surface area contributed by atoms with E-state index in [-0.39, 0.29) is 17.9 Å². The molecule has 1 unspecified atom stereocenters. The zero-order chi connectivity index (χ0) is 15.9. The average Bonchev–Trinajstić information content (AvgIpc) is 2.55. The Morgan fingerprint density at radius 1 is 1.36 bits per heavy atom. The zero-order valence-corrected chi connectivity index (χ0v) is 13.0. The first kappa shape index (κ1) is 16.2. The van der Waals surface area contributed by atoms with Crippen LogP contribution in [-0.4, -0.2) is 48.9 Å². The summed E-state index contributed by atoms with van der Waals surface area (Å²) in [5.74, 6) is 0.0778. The van der Waals surface area contributed by atoms with Crippen LogP contribution in [0.15, 0.2) is 43.0 Å². The van der Waals surface area contributed by atoms with E-state index in [9.17, 15) is 9.59 Å². The molecule has 0 bridgehead atoms. The van der Waals surface area contributed by atoms with Gasteiger partial charge in [0.05, 0.1) is 6.04 Å². The molecule has 1 aromatic carbocycles. The number of carbonyl (C=O) groups excluding carboxylic acids is 2. The number of rotatable bonds is 6. The molecule has 1 aromatic rings. The summed E-state index contributed by atoms with van der Waals surface area (Å²) < 4.78 is 0. The maximum Gasteiger partial charge on any atom is 0.244 e. The molecule has 22 heavy (non-hydrogen) atoms. The highest BCUT2D eigenvalue weighted by Gasteiger charge is 2.31. The van der Waals surface area contributed by atoms with Gasteiger partial charge in [0, 0.05) is 38.3 Å². The molecule has 1 heterocycles. The molecule has 0 spiro atoms. The van der Waals surface area contributed by atoms with Gasteiger partial charge in [0.25, 0.3) is 0 Å². The van der Waals surface area contributed by atoms with Crippen molar-refractivity contribution in [2.24, 2.45) is 0 Å². The number of nitrogens with zero attached hydrogens (tertiary/aromatic N) is 2. The molecule has 1 atom stereocenters. The van der Waals surface area contributed by atoms with E-state index in [2.05, 4.69) is 16.8 Å². The molecule has 0 radical (unpaired) electrons. The fraction of sp³-hybridized carbons (Fsp3) is 0.412. The van der Waals surface area contributed by atoms with E-state index < -0.39 is 0 Å². The fourth-order valence-electron chi connectivity index (χ4n) is 2.60. The zero-order valence-electron chi connectivity index (χ0n) is 13.0. The van der Waals surface area contributed by atoms with Crippen molar-refractivity contribution < 1.29 is 9.59 Å². The SMILES string of the molecule is C=CCNC(=O)CCN1CCN(c2ccccc2)C(=O)C1C. The van der Waals surface area contributed by atoms with Crippen LogP contribution >= 0.6 is 0 Å². The van der Waals surface area contributed by atoms with Gasteiger partial charge in [-0.05, 0) is 19.1 Å². The third-order valence-corrected chi connectivity index (χ3v) is 3.92. The number of nitrogens with one attached hydrogen (secondary N) is 1. The standard InChI is InChI=1S/C17H23N3O2/c1-3-10-18-16(21)9-11-19-12-13-20(17(22)14(19)2)15-7-5-4-6-8-15/h3-8,14H,1,9-13H2,2H3,(H,18,21). The summed E-state index contributed by atoms with van der Waals surface area (Å²) in [6.45, 7) is 7.97. The van der Waals surface area contributed by atoms with E-state index in [0.717, 1.165) is 12.2 Å². The lowest BCUT2D eigenvalue weighted by Gasteiger charge is -2.39. The number of piperazine rings is 1. The van der Waals surface area contributed by atoms with E-state index in [1.165, 1.54) is 0 Å². The Bertz CT molecular complexity index is 530. The summed E-state index contributed by atoms with van der Waals surface area (Å²) >= 11 is 0. The van der Waals surface area contributed by atoms with Crippen LogP contribution in [0.5, 0.6) is 0 Å². The average molecular weight is 301 g/mol. The summed E-state index contributed by atoms with van der Waals surface area (Å²) in [7, 11) is 0. The second kappa shape index (κ2) is 7.75. The largest absolute Gasteiger partial charge is 0.353 e. The van der Waals surface area contributed by atoms with Crippen LogP contribution in [0.1, 0.15) is 13.3 Å². The number of amides is 2. The van der Waals surface area contributed by atoms with Gasteiger partial charge < -0.3 is 10.2 Å². The fourth-order valence-corrected chi connectivity index (χ4v) is 2.60. The topological polar surface area (TPSA) is 52.7 Å². The van der Waals surface area contributed by atoms with Crippen LogP contribution < -0.4 is 10.2 Å². The molecular weight excluding hydrogens is 278 g/mol. The van der Waals surface area contributed by atoms with Crippen molar-refractivity contribution in [3.05, 3.63) is 43.0 Å². The Morgan fingerprint density at radius 2 is 2.09 bits per heavy atom. The molecule has 1 saturated heterocycles. The number of para-hydroxylation sites is 1. The lowest BCUT2D eigenvalue weighted by molar-refractivity contribution is -0.127. The number of hydrogen-bond donors (Lipinski definition) is 1. The van der Waals surface area contributed by atoms with E-state index in [1.807, 2.05) is 42.2 Å². The lowest BCUT2D eigenvalue weighted by Crippen LogP contribution is -2.56. The van der Waals surface area contributed by atoms with Crippen LogP contribution in [-0.2, 0) is 9.59 Å². The summed E-state index contributed by atoms with van der Waals surface area (Å²) in [5, 5.41) is 2.75. The Balaban J connectivity index is 1.89. The first-order valence-electron chi connectivity index (χ1n) is 7.61. The first-order chi connectivity index (χ1) is 10.6. The van der Waals surface area contributed by atoms with E-state index in [0.29, 0.717) is 26.1 Å². The van der Waals surface area contributed by atoms with E-state index >= 15 is 0 Å². The molecule has 1 N–H and O–H groups in total. The molecule has 2 rings (SSSR count). The van der Waals surface area contributed by atoms with Crippen LogP contribution in [0.25, 0.3) is 0 Å². The first-order valence-corrected chi connectivity index (χ1v) is 7.61. The minimum Gasteiger partial charge on any atom is -0.353 e. The quantitative estimate of drug-likeness (QED) is 0.809. The minimum atomic E-state index is -0.207. The molecular formula is C17H23N3O2. The summed E-state index contributed by atoms with van der Waals surface area (Å²) in [6.07, 6.45) is 2.06. The summed E-state index contributed by atoms with van der Waals surface area (Å²) in [6, 6.07) is 9.50. The van der Waals surface area contributed by atoms with Crippen molar-refractivity contribution in [1.29, 1.82) is 0 Å². The van der Waals surface area contributed by atoms with E-state index in [4.69, 9.17) is 0 Å². The monoisotopic (exact) mass is 301 g/mol. The third kappa shape index (κ3) is 3.95. The second-order valence-electron chi connectivity index (χ2n) is 5.38. The van der Waals surface area contributed by atoms with Gasteiger partial charge in [0.15, 0.2) is 0 Å². The maximum atomic E-state index is 12.5. The predicted molar refractivity (Wildman–Crippen MR) is 87.7 cm³/mol. The van der Waals surface area contributed by atoms with Crippen molar-refractivity contribution in [3.63, 3.8) is 0 Å². The normalized spacial score (nSPS) is 19.0. The van der Waals surface area contributed by atoms with Gasteiger partial charge in [-0.2, -0.15) is 0 Å². The number of benzene rings is 1. The highest BCUT2D eigenvalue weighted by atomic mass is 16.2. The number of hydrogen-bond acceptors (Lipinski definition) is 3. The van der Waals surface area contributed by atoms with Crippen LogP contribution in [0, 0.1) is 0 Å². The predicted octanol–water partition coefficient (Wildman–Crippen LogP) is 1.42. The molecule has 5 nitrogen and oxygen atoms in total. The molecule has 1 fully saturated rings. The summed E-state index contributed by atoms with van der Waals surface area (Å²) in [4.78, 5) is 28.0. The van der Waals surface area contributed by atoms with Crippen LogP contribution in [0.4, 0.5) is 5.69 Å². The van der Waals surface area contributed by atoms with Crippen molar-refractivity contribution in [1.82, 2.24) is 10.2 Å². The van der Waals surface area contributed by atoms with Gasteiger partial charge in [-0.1, -0.05) is 24.3 Å². The van der Waals surface area contributed by atoms with E-state index in [1.54, 1.807) is 6.08 Å². The highest BCUT2D eigenvalue weighted by molar-refractivity contribution is 5.97. The molecule has 0 aliphatic carbocycles. The number of carbonyl (C=O) groups is 2. The van der Waals surface area contributed by atoms with Crippen molar-refractivity contribution >= 4 is 17.5 Å². The molecule has 1 aliphatic rings. The maximum absolute atomic E-state index is 12.5. The summed E-state index contributed by atoms with van der Waals surface area (Å²) in [5.41, 5.74) is 0.933. The lowest BCUT2D eigenvalue weighted by atomic mass is 10.1. The smallest absolute Gasteiger partial charge is 0.244 e. The molecule has 0 aromatic heterocycles. The molecule has 1 aliphatic heterocycles. The van der Waals surface area contributed by atoms with Gasteiger partial charge in [0.1, 0.15) is 0 Å². The third-order valence-electron chi connectivity index (χ3n) is 3.92. The Hall–Kier alpha value is -2.14. The van der Waals surface area contributed by atoms with Gasteiger partial charge in [-0.25, -0.2) is 0 Å². The molecule has 0 saturated carbocycles. The van der Waals surface area contributed by atoms with Crippen molar-refractivity contribution in [2.75, 3.05) is 31.1 Å². The highest BCUT2D eigenvalue weighted by Crippen LogP contribution is 2.19. The van der Waals surface area contributed by atoms with Gasteiger partial charge >= 0.3 is 0 Å². The Morgan fingerprint density at radius 3 is 2.77 bits per heavy atom. The van der Waals surface area contributed by atoms with Crippen LogP contribution in [0.3, 0.4) is 0 Å². The van der Waals surface area contributed by atoms with Gasteiger partial charge in [-0.3, -0.25) is 14.5 Å². The van der Waals surface area contributed by atoms with Crippen molar-refractivity contribution in [2.45, 2.75) is 19.4 Å². The van der Waals surface area contributed by atoms with Crippen molar-refractivity contribution in [3.8, 4) is 0 Å². The Labute approximate surface area is 131 Å². The minimum absolute atomic E-state index is 0.00922. The molecule has 2 amide bonds. The second-order valence-corrected chi connectivity index (χ2v) is 5.38. The number of anilines is 1. The molecule has 118 valence electrons. The van der Waals surface area contributed by atoms with Gasteiger partial charge in [-0.15, -0.1) is 6.58 Å². The van der Waals surface area contributed by atoms with Gasteiger partial charge in [0.2, 0.25) is 11.8 Å². The Kier molecular flexibility index (Phi) is 5.72. The molecule has 5 heteroatoms. The van der Waals surface area contributed by atoms with Crippen LogP contribution in [0.2, 0.25) is 0 Å².